The van der Waals surface area contributed by atoms with E-state index in [0.29, 0.717) is 11.1 Å². The van der Waals surface area contributed by atoms with E-state index in [1.807, 2.05) is 11.9 Å². The summed E-state index contributed by atoms with van der Waals surface area (Å²) in [5.74, 6) is -0.748. The van der Waals surface area contributed by atoms with Gasteiger partial charge in [0.15, 0.2) is 0 Å². The summed E-state index contributed by atoms with van der Waals surface area (Å²) < 4.78 is 13.6. The van der Waals surface area contributed by atoms with Crippen LogP contribution in [0.1, 0.15) is 19.3 Å². The Balaban J connectivity index is 1.80. The van der Waals surface area contributed by atoms with Crippen molar-refractivity contribution in [2.24, 2.45) is 0 Å². The number of nitrogens with one attached hydrogen (secondary N) is 2. The Labute approximate surface area is 129 Å². The fourth-order valence-corrected chi connectivity index (χ4v) is 2.71. The summed E-state index contributed by atoms with van der Waals surface area (Å²) in [5.41, 5.74) is 0.161. The van der Waals surface area contributed by atoms with E-state index in [4.69, 9.17) is 11.6 Å². The number of nitrogens with zero attached hydrogens (tertiary/aromatic N) is 1. The largest absolute Gasteiger partial charge is 0.322 e. The summed E-state index contributed by atoms with van der Waals surface area (Å²) in [6.07, 6.45) is 3.59. The number of hydrogen-bond donors (Lipinski definition) is 2. The van der Waals surface area contributed by atoms with Crippen LogP contribution >= 0.6 is 11.6 Å². The van der Waals surface area contributed by atoms with E-state index in [1.165, 1.54) is 25.0 Å². The van der Waals surface area contributed by atoms with Crippen molar-refractivity contribution >= 4 is 23.2 Å². The molecule has 0 aromatic heterocycles. The fourth-order valence-electron chi connectivity index (χ4n) is 2.55. The van der Waals surface area contributed by atoms with Gasteiger partial charge >= 0.3 is 0 Å². The van der Waals surface area contributed by atoms with E-state index in [0.717, 1.165) is 19.5 Å². The van der Waals surface area contributed by atoms with Crippen LogP contribution in [0.5, 0.6) is 0 Å². The molecule has 0 bridgehead atoms. The van der Waals surface area contributed by atoms with Crippen LogP contribution in [0, 0.1) is 5.82 Å². The highest BCUT2D eigenvalue weighted by Crippen LogP contribution is 2.18. The molecule has 0 spiro atoms. The smallest absolute Gasteiger partial charge is 0.238 e. The van der Waals surface area contributed by atoms with E-state index >= 15 is 0 Å². The molecule has 6 heteroatoms. The zero-order chi connectivity index (χ0) is 15.2. The van der Waals surface area contributed by atoms with E-state index < -0.39 is 5.82 Å². The van der Waals surface area contributed by atoms with Crippen LogP contribution in [0.2, 0.25) is 5.02 Å². The Bertz CT molecular complexity index is 492. The standard InChI is InChI=1S/C15H21ClFN3O/c1-20(9-12-4-2-3-7-18-12)10-15(21)19-14-6-5-11(16)8-13(14)17/h5-6,8,12,18H,2-4,7,9-10H2,1H3,(H,19,21). The first-order valence-electron chi connectivity index (χ1n) is 7.21. The molecule has 116 valence electrons. The quantitative estimate of drug-likeness (QED) is 0.878. The van der Waals surface area contributed by atoms with Crippen LogP contribution in [0.25, 0.3) is 0 Å². The lowest BCUT2D eigenvalue weighted by Crippen LogP contribution is -2.44. The summed E-state index contributed by atoms with van der Waals surface area (Å²) >= 11 is 5.68. The highest BCUT2D eigenvalue weighted by molar-refractivity contribution is 6.30. The monoisotopic (exact) mass is 313 g/mol. The van der Waals surface area contributed by atoms with Crippen molar-refractivity contribution in [2.75, 3.05) is 32.0 Å². The van der Waals surface area contributed by atoms with Gasteiger partial charge < -0.3 is 10.6 Å². The second-order valence-corrected chi connectivity index (χ2v) is 5.95. The molecule has 1 aliphatic heterocycles. The molecule has 1 heterocycles. The third kappa shape index (κ3) is 5.26. The van der Waals surface area contributed by atoms with Crippen molar-refractivity contribution in [3.05, 3.63) is 29.0 Å². The molecule has 0 aliphatic carbocycles. The van der Waals surface area contributed by atoms with Crippen LogP contribution in [0.15, 0.2) is 18.2 Å². The number of piperidine rings is 1. The fraction of sp³-hybridized carbons (Fsp3) is 0.533. The van der Waals surface area contributed by atoms with Gasteiger partial charge in [0.05, 0.1) is 12.2 Å². The molecule has 1 aromatic carbocycles. The predicted molar refractivity (Wildman–Crippen MR) is 83.2 cm³/mol. The molecular weight excluding hydrogens is 293 g/mol. The number of benzene rings is 1. The van der Waals surface area contributed by atoms with Gasteiger partial charge in [0, 0.05) is 17.6 Å². The molecule has 1 atom stereocenters. The Morgan fingerprint density at radius 3 is 3.00 bits per heavy atom. The lowest BCUT2D eigenvalue weighted by molar-refractivity contribution is -0.117. The SMILES string of the molecule is CN(CC(=O)Nc1ccc(Cl)cc1F)CC1CCCCN1. The minimum Gasteiger partial charge on any atom is -0.322 e. The van der Waals surface area contributed by atoms with Gasteiger partial charge in [-0.2, -0.15) is 0 Å². The lowest BCUT2D eigenvalue weighted by Gasteiger charge is -2.27. The van der Waals surface area contributed by atoms with Crippen molar-refractivity contribution in [1.29, 1.82) is 0 Å². The van der Waals surface area contributed by atoms with Gasteiger partial charge in [-0.3, -0.25) is 9.69 Å². The molecule has 0 radical (unpaired) electrons. The van der Waals surface area contributed by atoms with E-state index in [-0.39, 0.29) is 18.1 Å². The maximum atomic E-state index is 13.6. The van der Waals surface area contributed by atoms with Crippen molar-refractivity contribution in [1.82, 2.24) is 10.2 Å². The highest BCUT2D eigenvalue weighted by Gasteiger charge is 2.16. The Hall–Kier alpha value is -1.17. The first-order valence-corrected chi connectivity index (χ1v) is 7.59. The Kier molecular flexibility index (Phi) is 5.96. The van der Waals surface area contributed by atoms with Crippen LogP contribution in [-0.4, -0.2) is 43.5 Å². The van der Waals surface area contributed by atoms with Gasteiger partial charge in [0.25, 0.3) is 0 Å². The zero-order valence-electron chi connectivity index (χ0n) is 12.2. The first-order chi connectivity index (χ1) is 10.0. The van der Waals surface area contributed by atoms with E-state index in [9.17, 15) is 9.18 Å². The Morgan fingerprint density at radius 2 is 2.33 bits per heavy atom. The molecular formula is C15H21ClFN3O. The molecule has 21 heavy (non-hydrogen) atoms. The average Bonchev–Trinajstić information content (AvgIpc) is 2.43. The molecule has 1 saturated heterocycles. The lowest BCUT2D eigenvalue weighted by atomic mass is 10.0. The van der Waals surface area contributed by atoms with Crippen molar-refractivity contribution in [2.45, 2.75) is 25.3 Å². The summed E-state index contributed by atoms with van der Waals surface area (Å²) in [7, 11) is 1.90. The number of hydrogen-bond acceptors (Lipinski definition) is 3. The average molecular weight is 314 g/mol. The van der Waals surface area contributed by atoms with Gasteiger partial charge in [0.2, 0.25) is 5.91 Å². The molecule has 1 aromatic rings. The van der Waals surface area contributed by atoms with Gasteiger partial charge in [-0.25, -0.2) is 4.39 Å². The van der Waals surface area contributed by atoms with Crippen LogP contribution < -0.4 is 10.6 Å². The van der Waals surface area contributed by atoms with Gasteiger partial charge in [-0.15, -0.1) is 0 Å². The first kappa shape index (κ1) is 16.2. The van der Waals surface area contributed by atoms with Crippen molar-refractivity contribution < 1.29 is 9.18 Å². The predicted octanol–water partition coefficient (Wildman–Crippen LogP) is 2.49. The zero-order valence-corrected chi connectivity index (χ0v) is 12.9. The number of carbonyl (C=O) groups is 1. The molecule has 1 unspecified atom stereocenters. The second kappa shape index (κ2) is 7.73. The highest BCUT2D eigenvalue weighted by atomic mass is 35.5. The minimum absolute atomic E-state index is 0.161. The van der Waals surface area contributed by atoms with Crippen LogP contribution in [-0.2, 0) is 4.79 Å². The number of anilines is 1. The molecule has 2 N–H and O–H groups in total. The van der Waals surface area contributed by atoms with Crippen molar-refractivity contribution in [3.63, 3.8) is 0 Å². The third-order valence-corrected chi connectivity index (χ3v) is 3.80. The topological polar surface area (TPSA) is 44.4 Å². The number of carbonyl (C=O) groups excluding carboxylic acids is 1. The molecule has 2 rings (SSSR count). The van der Waals surface area contributed by atoms with Gasteiger partial charge in [-0.05, 0) is 44.6 Å². The summed E-state index contributed by atoms with van der Waals surface area (Å²) in [6.45, 7) is 2.09. The number of likely N-dealkylation sites (N-methyl/N-ethyl adjacent to an activating group) is 1. The normalized spacial score (nSPS) is 18.8. The summed E-state index contributed by atoms with van der Waals surface area (Å²) in [5, 5.41) is 6.32. The Morgan fingerprint density at radius 1 is 1.52 bits per heavy atom. The minimum atomic E-state index is -0.521. The molecule has 1 amide bonds. The third-order valence-electron chi connectivity index (χ3n) is 3.56. The maximum absolute atomic E-state index is 13.6. The van der Waals surface area contributed by atoms with Gasteiger partial charge in [0.1, 0.15) is 5.82 Å². The number of rotatable bonds is 5. The second-order valence-electron chi connectivity index (χ2n) is 5.52. The molecule has 4 nitrogen and oxygen atoms in total. The number of halogens is 2. The van der Waals surface area contributed by atoms with Crippen molar-refractivity contribution in [3.8, 4) is 0 Å². The summed E-state index contributed by atoms with van der Waals surface area (Å²) in [6, 6.07) is 4.64. The molecule has 0 saturated carbocycles. The molecule has 1 fully saturated rings. The summed E-state index contributed by atoms with van der Waals surface area (Å²) in [4.78, 5) is 13.9. The molecule has 1 aliphatic rings. The van der Waals surface area contributed by atoms with E-state index in [1.54, 1.807) is 6.07 Å². The van der Waals surface area contributed by atoms with Crippen LogP contribution in [0.4, 0.5) is 10.1 Å². The number of amides is 1. The van der Waals surface area contributed by atoms with E-state index in [2.05, 4.69) is 10.6 Å². The van der Waals surface area contributed by atoms with Gasteiger partial charge in [-0.1, -0.05) is 18.0 Å². The van der Waals surface area contributed by atoms with Crippen LogP contribution in [0.3, 0.4) is 0 Å². The maximum Gasteiger partial charge on any atom is 0.238 e.